The molecular weight excluding hydrogens is 494 g/mol. The second-order valence-electron chi connectivity index (χ2n) is 9.39. The first-order valence-electron chi connectivity index (χ1n) is 11.5. The number of benzene rings is 3. The minimum absolute atomic E-state index is 0.114. The summed E-state index contributed by atoms with van der Waals surface area (Å²) in [5.74, 6) is -0.524. The van der Waals surface area contributed by atoms with Crippen LogP contribution in [-0.4, -0.2) is 27.1 Å². The summed E-state index contributed by atoms with van der Waals surface area (Å²) in [7, 11) is 5.29. The second-order valence-corrected chi connectivity index (χ2v) is 9.39. The van der Waals surface area contributed by atoms with Crippen molar-refractivity contribution in [1.29, 1.82) is 0 Å². The number of nitrogens with zero attached hydrogens (tertiary/aromatic N) is 2. The Morgan fingerprint density at radius 1 is 0.757 bits per heavy atom. The van der Waals surface area contributed by atoms with E-state index in [1.165, 1.54) is 11.0 Å². The van der Waals surface area contributed by atoms with Crippen LogP contribution < -0.4 is 9.80 Å². The lowest BCUT2D eigenvalue weighted by atomic mass is 9.89. The fourth-order valence-corrected chi connectivity index (χ4v) is 4.40. The van der Waals surface area contributed by atoms with Crippen LogP contribution in [-0.2, 0) is 17.1 Å². The van der Waals surface area contributed by atoms with E-state index in [4.69, 9.17) is 0 Å². The Bertz CT molecular complexity index is 1280. The molecule has 0 aliphatic rings. The largest absolute Gasteiger partial charge is 0.416 e. The first kappa shape index (κ1) is 28.1. The summed E-state index contributed by atoms with van der Waals surface area (Å²) >= 11 is 0. The van der Waals surface area contributed by atoms with Crippen LogP contribution in [0.1, 0.15) is 30.5 Å². The third kappa shape index (κ3) is 5.76. The highest BCUT2D eigenvalue weighted by Gasteiger charge is 2.37. The van der Waals surface area contributed by atoms with Gasteiger partial charge in [0.1, 0.15) is 0 Å². The van der Waals surface area contributed by atoms with Crippen molar-refractivity contribution in [2.75, 3.05) is 30.9 Å². The molecule has 0 aliphatic heterocycles. The van der Waals surface area contributed by atoms with Crippen molar-refractivity contribution in [1.82, 2.24) is 0 Å². The molecule has 3 aromatic carbocycles. The normalized spacial score (nSPS) is 12.1. The van der Waals surface area contributed by atoms with Gasteiger partial charge in [0.05, 0.1) is 16.8 Å². The number of hydrogen-bond donors (Lipinski definition) is 0. The SMILES string of the molecule is Cc1c(N(C)C)ccc(-c2ccccc2-c2cc(C(F)(F)F)cc(C(F)(F)F)c2)c1N(C)C(=O)C(C)C. The van der Waals surface area contributed by atoms with Gasteiger partial charge in [-0.3, -0.25) is 4.79 Å². The molecule has 0 atom stereocenters. The molecule has 0 radical (unpaired) electrons. The molecule has 1 amide bonds. The number of alkyl halides is 6. The highest BCUT2D eigenvalue weighted by molar-refractivity contribution is 6.02. The Morgan fingerprint density at radius 3 is 1.73 bits per heavy atom. The fraction of sp³-hybridized carbons (Fsp3) is 0.321. The van der Waals surface area contributed by atoms with Crippen LogP contribution in [0, 0.1) is 12.8 Å². The summed E-state index contributed by atoms with van der Waals surface area (Å²) in [5.41, 5.74) is 0.186. The lowest BCUT2D eigenvalue weighted by Crippen LogP contribution is -2.31. The van der Waals surface area contributed by atoms with E-state index in [2.05, 4.69) is 0 Å². The number of carbonyl (C=O) groups excluding carboxylic acids is 1. The van der Waals surface area contributed by atoms with Gasteiger partial charge in [0.15, 0.2) is 0 Å². The van der Waals surface area contributed by atoms with Crippen LogP contribution in [0.3, 0.4) is 0 Å². The van der Waals surface area contributed by atoms with Crippen molar-refractivity contribution in [3.8, 4) is 22.3 Å². The van der Waals surface area contributed by atoms with Gasteiger partial charge in [0.2, 0.25) is 5.91 Å². The number of anilines is 2. The molecule has 0 bridgehead atoms. The maximum atomic E-state index is 13.6. The van der Waals surface area contributed by atoms with E-state index in [1.54, 1.807) is 45.2 Å². The first-order valence-corrected chi connectivity index (χ1v) is 11.5. The van der Waals surface area contributed by atoms with Crippen LogP contribution >= 0.6 is 0 Å². The van der Waals surface area contributed by atoms with Gasteiger partial charge in [-0.1, -0.05) is 44.2 Å². The minimum atomic E-state index is -4.97. The third-order valence-corrected chi connectivity index (χ3v) is 6.16. The summed E-state index contributed by atoms with van der Waals surface area (Å²) in [6.45, 7) is 5.32. The van der Waals surface area contributed by atoms with E-state index in [-0.39, 0.29) is 29.0 Å². The molecule has 0 saturated carbocycles. The summed E-state index contributed by atoms with van der Waals surface area (Å²) in [4.78, 5) is 16.3. The molecule has 0 unspecified atom stereocenters. The fourth-order valence-electron chi connectivity index (χ4n) is 4.40. The predicted molar refractivity (Wildman–Crippen MR) is 135 cm³/mol. The van der Waals surface area contributed by atoms with Crippen molar-refractivity contribution in [3.05, 3.63) is 71.3 Å². The lowest BCUT2D eigenvalue weighted by molar-refractivity contribution is -0.143. The zero-order valence-electron chi connectivity index (χ0n) is 21.3. The first-order chi connectivity index (χ1) is 17.0. The standard InChI is InChI=1S/C28H28F6N2O/c1-16(2)26(37)36(6)25-17(3)24(35(4)5)12-11-23(25)22-10-8-7-9-21(22)18-13-19(27(29,30)31)15-20(14-18)28(32,33)34/h7-16H,1-6H3. The maximum Gasteiger partial charge on any atom is 0.416 e. The van der Waals surface area contributed by atoms with Gasteiger partial charge in [-0.05, 0) is 53.4 Å². The monoisotopic (exact) mass is 522 g/mol. The molecule has 0 fully saturated rings. The van der Waals surface area contributed by atoms with Crippen LogP contribution in [0.2, 0.25) is 0 Å². The third-order valence-electron chi connectivity index (χ3n) is 6.16. The quantitative estimate of drug-likeness (QED) is 0.317. The van der Waals surface area contributed by atoms with Crippen molar-refractivity contribution in [2.24, 2.45) is 5.92 Å². The molecule has 0 spiro atoms. The highest BCUT2D eigenvalue weighted by Crippen LogP contribution is 2.44. The van der Waals surface area contributed by atoms with E-state index in [0.29, 0.717) is 16.8 Å². The van der Waals surface area contributed by atoms with Gasteiger partial charge in [-0.15, -0.1) is 0 Å². The molecule has 0 saturated heterocycles. The minimum Gasteiger partial charge on any atom is -0.377 e. The molecule has 37 heavy (non-hydrogen) atoms. The number of rotatable bonds is 5. The number of carbonyl (C=O) groups is 1. The molecule has 198 valence electrons. The molecule has 0 N–H and O–H groups in total. The lowest BCUT2D eigenvalue weighted by Gasteiger charge is -2.28. The second kappa shape index (κ2) is 10.1. The molecule has 3 nitrogen and oxygen atoms in total. The Morgan fingerprint density at radius 2 is 1.27 bits per heavy atom. The summed E-state index contributed by atoms with van der Waals surface area (Å²) in [6, 6.07) is 11.4. The molecule has 0 aromatic heterocycles. The average Bonchev–Trinajstić information content (AvgIpc) is 2.81. The van der Waals surface area contributed by atoms with Gasteiger partial charge in [0.25, 0.3) is 0 Å². The van der Waals surface area contributed by atoms with Crippen molar-refractivity contribution in [3.63, 3.8) is 0 Å². The van der Waals surface area contributed by atoms with Crippen LogP contribution in [0.15, 0.2) is 54.6 Å². The smallest absolute Gasteiger partial charge is 0.377 e. The van der Waals surface area contributed by atoms with E-state index < -0.39 is 23.5 Å². The van der Waals surface area contributed by atoms with Gasteiger partial charge in [-0.2, -0.15) is 26.3 Å². The van der Waals surface area contributed by atoms with Gasteiger partial charge in [0, 0.05) is 38.3 Å². The maximum absolute atomic E-state index is 13.6. The van der Waals surface area contributed by atoms with Crippen LogP contribution in [0.4, 0.5) is 37.7 Å². The van der Waals surface area contributed by atoms with Crippen molar-refractivity contribution < 1.29 is 31.1 Å². The van der Waals surface area contributed by atoms with E-state index >= 15 is 0 Å². The number of amides is 1. The van der Waals surface area contributed by atoms with E-state index in [0.717, 1.165) is 23.4 Å². The molecule has 3 aromatic rings. The zero-order valence-corrected chi connectivity index (χ0v) is 21.3. The van der Waals surface area contributed by atoms with E-state index in [9.17, 15) is 31.1 Å². The summed E-state index contributed by atoms with van der Waals surface area (Å²) in [5, 5.41) is 0. The molecular formula is C28H28F6N2O. The van der Waals surface area contributed by atoms with Crippen molar-refractivity contribution in [2.45, 2.75) is 33.1 Å². The summed E-state index contributed by atoms with van der Waals surface area (Å²) < 4.78 is 81.4. The van der Waals surface area contributed by atoms with Gasteiger partial charge < -0.3 is 9.80 Å². The van der Waals surface area contributed by atoms with Crippen LogP contribution in [0.25, 0.3) is 22.3 Å². The molecule has 0 aliphatic carbocycles. The van der Waals surface area contributed by atoms with Gasteiger partial charge >= 0.3 is 12.4 Å². The highest BCUT2D eigenvalue weighted by atomic mass is 19.4. The predicted octanol–water partition coefficient (Wildman–Crippen LogP) is 8.05. The Kier molecular flexibility index (Phi) is 7.67. The van der Waals surface area contributed by atoms with Crippen molar-refractivity contribution >= 4 is 17.3 Å². The molecule has 9 heteroatoms. The summed E-state index contributed by atoms with van der Waals surface area (Å²) in [6.07, 6.45) is -9.94. The molecule has 0 heterocycles. The Labute approximate surface area is 212 Å². The number of hydrogen-bond acceptors (Lipinski definition) is 2. The van der Waals surface area contributed by atoms with E-state index in [1.807, 2.05) is 32.0 Å². The van der Waals surface area contributed by atoms with Gasteiger partial charge in [-0.25, -0.2) is 0 Å². The zero-order chi connectivity index (χ0) is 27.9. The number of halogens is 6. The van der Waals surface area contributed by atoms with Crippen LogP contribution in [0.5, 0.6) is 0 Å². The Balaban J connectivity index is 2.38. The average molecular weight is 523 g/mol. The molecule has 3 rings (SSSR count). The topological polar surface area (TPSA) is 23.6 Å². The Hall–Kier alpha value is -3.49.